The van der Waals surface area contributed by atoms with Gasteiger partial charge in [-0.05, 0) is 24.8 Å². The normalized spacial score (nSPS) is 18.2. The lowest BCUT2D eigenvalue weighted by Gasteiger charge is -2.32. The second-order valence-corrected chi connectivity index (χ2v) is 7.61. The largest absolute Gasteiger partial charge is 0.338 e. The maximum absolute atomic E-state index is 12.7. The number of piperidine rings is 1. The number of pyridine rings is 1. The summed E-state index contributed by atoms with van der Waals surface area (Å²) in [6.45, 7) is 5.76. The first-order chi connectivity index (χ1) is 11.5. The zero-order chi connectivity index (χ0) is 17.3. The molecule has 3 rings (SSSR count). The first-order valence-electron chi connectivity index (χ1n) is 8.37. The maximum atomic E-state index is 12.7. The Balaban J connectivity index is 1.75. The highest BCUT2D eigenvalue weighted by Crippen LogP contribution is 2.31. The topological polar surface area (TPSA) is 55.2 Å². The Morgan fingerprint density at radius 3 is 2.83 bits per heavy atom. The average Bonchev–Trinajstić information content (AvgIpc) is 3.07. The Morgan fingerprint density at radius 2 is 2.17 bits per heavy atom. The van der Waals surface area contributed by atoms with Gasteiger partial charge >= 0.3 is 0 Å². The number of aromatic nitrogens is 2. The van der Waals surface area contributed by atoms with Gasteiger partial charge in [0.1, 0.15) is 0 Å². The molecule has 6 heteroatoms. The first kappa shape index (κ1) is 16.9. The predicted octanol–water partition coefficient (Wildman–Crippen LogP) is 2.99. The lowest BCUT2D eigenvalue weighted by Crippen LogP contribution is -2.39. The molecule has 0 spiro atoms. The molecule has 1 fully saturated rings. The maximum Gasteiger partial charge on any atom is 0.255 e. The summed E-state index contributed by atoms with van der Waals surface area (Å²) in [6.07, 6.45) is 3.68. The Kier molecular flexibility index (Phi) is 4.85. The molecule has 1 unspecified atom stereocenters. The van der Waals surface area contributed by atoms with Crippen LogP contribution in [0, 0.1) is 0 Å². The number of thiazole rings is 1. The van der Waals surface area contributed by atoms with Crippen LogP contribution in [0.4, 0.5) is 0 Å². The molecule has 0 bridgehead atoms. The third-order valence-electron chi connectivity index (χ3n) is 4.52. The summed E-state index contributed by atoms with van der Waals surface area (Å²) in [5.41, 5.74) is 1.60. The molecule has 0 N–H and O–H groups in total. The molecule has 1 aliphatic rings. The third kappa shape index (κ3) is 3.43. The van der Waals surface area contributed by atoms with Crippen molar-refractivity contribution in [2.24, 2.45) is 7.05 Å². The Morgan fingerprint density at radius 1 is 1.38 bits per heavy atom. The lowest BCUT2D eigenvalue weighted by molar-refractivity contribution is 0.0706. The Hall–Kier alpha value is -1.95. The van der Waals surface area contributed by atoms with E-state index in [1.54, 1.807) is 30.6 Å². The number of carbonyl (C=O) groups is 1. The molecule has 128 valence electrons. The van der Waals surface area contributed by atoms with Crippen molar-refractivity contribution >= 4 is 17.2 Å². The second-order valence-electron chi connectivity index (χ2n) is 6.72. The smallest absolute Gasteiger partial charge is 0.255 e. The van der Waals surface area contributed by atoms with Gasteiger partial charge in [0.2, 0.25) is 5.56 Å². The monoisotopic (exact) mass is 345 g/mol. The predicted molar refractivity (Wildman–Crippen MR) is 95.8 cm³/mol. The molecule has 24 heavy (non-hydrogen) atoms. The molecule has 2 aromatic heterocycles. The molecular weight excluding hydrogens is 322 g/mol. The van der Waals surface area contributed by atoms with Gasteiger partial charge in [-0.2, -0.15) is 0 Å². The van der Waals surface area contributed by atoms with E-state index < -0.39 is 0 Å². The van der Waals surface area contributed by atoms with E-state index in [9.17, 15) is 9.59 Å². The lowest BCUT2D eigenvalue weighted by atomic mass is 9.98. The van der Waals surface area contributed by atoms with Gasteiger partial charge in [-0.3, -0.25) is 9.59 Å². The van der Waals surface area contributed by atoms with Crippen molar-refractivity contribution in [3.05, 3.63) is 50.3 Å². The molecule has 0 aromatic carbocycles. The van der Waals surface area contributed by atoms with Gasteiger partial charge in [-0.15, -0.1) is 11.3 Å². The average molecular weight is 345 g/mol. The molecule has 1 amide bonds. The molecule has 1 atom stereocenters. The van der Waals surface area contributed by atoms with E-state index in [1.165, 1.54) is 10.6 Å². The van der Waals surface area contributed by atoms with Gasteiger partial charge in [-0.25, -0.2) is 4.98 Å². The molecular formula is C18H23N3O2S. The molecule has 2 aromatic rings. The van der Waals surface area contributed by atoms with Crippen LogP contribution in [0.15, 0.2) is 28.5 Å². The van der Waals surface area contributed by atoms with Crippen molar-refractivity contribution in [3.63, 3.8) is 0 Å². The zero-order valence-corrected chi connectivity index (χ0v) is 15.2. The first-order valence-corrected chi connectivity index (χ1v) is 9.25. The van der Waals surface area contributed by atoms with Crippen LogP contribution >= 0.6 is 11.3 Å². The van der Waals surface area contributed by atoms with Crippen LogP contribution in [0.5, 0.6) is 0 Å². The SMILES string of the molecule is CC(C)c1csc(C2CCCN(C(=O)c3ccc(=O)n(C)c3)C2)n1. The summed E-state index contributed by atoms with van der Waals surface area (Å²) in [6, 6.07) is 3.07. The highest BCUT2D eigenvalue weighted by atomic mass is 32.1. The fraction of sp³-hybridized carbons (Fsp3) is 0.500. The van der Waals surface area contributed by atoms with Crippen molar-refractivity contribution < 1.29 is 4.79 Å². The van der Waals surface area contributed by atoms with Crippen molar-refractivity contribution in [2.45, 2.75) is 38.5 Å². The highest BCUT2D eigenvalue weighted by molar-refractivity contribution is 7.09. The van der Waals surface area contributed by atoms with Gasteiger partial charge in [-0.1, -0.05) is 13.8 Å². The van der Waals surface area contributed by atoms with E-state index in [0.717, 1.165) is 30.1 Å². The van der Waals surface area contributed by atoms with Gasteiger partial charge in [0.15, 0.2) is 0 Å². The van der Waals surface area contributed by atoms with Gasteiger partial charge < -0.3 is 9.47 Å². The van der Waals surface area contributed by atoms with E-state index in [2.05, 4.69) is 19.2 Å². The quantitative estimate of drug-likeness (QED) is 0.859. The molecule has 0 radical (unpaired) electrons. The number of likely N-dealkylation sites (tertiary alicyclic amines) is 1. The van der Waals surface area contributed by atoms with Crippen molar-refractivity contribution in [1.29, 1.82) is 0 Å². The summed E-state index contributed by atoms with van der Waals surface area (Å²) in [7, 11) is 1.67. The van der Waals surface area contributed by atoms with E-state index >= 15 is 0 Å². The summed E-state index contributed by atoms with van der Waals surface area (Å²) in [5.74, 6) is 0.741. The molecule has 1 saturated heterocycles. The second kappa shape index (κ2) is 6.89. The zero-order valence-electron chi connectivity index (χ0n) is 14.4. The van der Waals surface area contributed by atoms with Crippen LogP contribution < -0.4 is 5.56 Å². The number of hydrogen-bond donors (Lipinski definition) is 0. The summed E-state index contributed by atoms with van der Waals surface area (Å²) >= 11 is 1.70. The van der Waals surface area contributed by atoms with E-state index in [-0.39, 0.29) is 11.5 Å². The Labute approximate surface area is 146 Å². The number of carbonyl (C=O) groups excluding carboxylic acids is 1. The molecule has 1 aliphatic heterocycles. The summed E-state index contributed by atoms with van der Waals surface area (Å²) in [5, 5.41) is 3.27. The minimum atomic E-state index is -0.105. The highest BCUT2D eigenvalue weighted by Gasteiger charge is 2.27. The van der Waals surface area contributed by atoms with Crippen molar-refractivity contribution in [1.82, 2.24) is 14.5 Å². The van der Waals surface area contributed by atoms with Crippen molar-refractivity contribution in [3.8, 4) is 0 Å². The number of rotatable bonds is 3. The number of nitrogens with zero attached hydrogens (tertiary/aromatic N) is 3. The van der Waals surface area contributed by atoms with Gasteiger partial charge in [0, 0.05) is 43.7 Å². The van der Waals surface area contributed by atoms with E-state index in [0.29, 0.717) is 23.9 Å². The number of hydrogen-bond acceptors (Lipinski definition) is 4. The van der Waals surface area contributed by atoms with E-state index in [1.807, 2.05) is 4.90 Å². The molecule has 0 aliphatic carbocycles. The van der Waals surface area contributed by atoms with E-state index in [4.69, 9.17) is 4.98 Å². The molecule has 3 heterocycles. The van der Waals surface area contributed by atoms with Crippen LogP contribution in [0.25, 0.3) is 0 Å². The van der Waals surface area contributed by atoms with Crippen LogP contribution in [0.1, 0.15) is 59.6 Å². The fourth-order valence-corrected chi connectivity index (χ4v) is 4.13. The number of amides is 1. The van der Waals surface area contributed by atoms with Gasteiger partial charge in [0.25, 0.3) is 5.91 Å². The molecule has 5 nitrogen and oxygen atoms in total. The fourth-order valence-electron chi connectivity index (χ4n) is 3.02. The van der Waals surface area contributed by atoms with Crippen LogP contribution in [0.3, 0.4) is 0 Å². The minimum Gasteiger partial charge on any atom is -0.338 e. The summed E-state index contributed by atoms with van der Waals surface area (Å²) in [4.78, 5) is 30.9. The summed E-state index contributed by atoms with van der Waals surface area (Å²) < 4.78 is 1.45. The van der Waals surface area contributed by atoms with Crippen LogP contribution in [-0.4, -0.2) is 33.4 Å². The van der Waals surface area contributed by atoms with Gasteiger partial charge in [0.05, 0.1) is 16.3 Å². The van der Waals surface area contributed by atoms with Crippen molar-refractivity contribution in [2.75, 3.05) is 13.1 Å². The standard InChI is InChI=1S/C18H23N3O2S/c1-12(2)15-11-24-17(19-15)13-5-4-8-21(10-13)18(23)14-6-7-16(22)20(3)9-14/h6-7,9,11-13H,4-5,8,10H2,1-3H3. The number of aryl methyl sites for hydroxylation is 1. The molecule has 0 saturated carbocycles. The van der Waals surface area contributed by atoms with Crippen LogP contribution in [0.2, 0.25) is 0 Å². The third-order valence-corrected chi connectivity index (χ3v) is 5.55. The Bertz CT molecular complexity index is 794. The van der Waals surface area contributed by atoms with Crippen LogP contribution in [-0.2, 0) is 7.05 Å². The minimum absolute atomic E-state index is 0.00376.